The minimum Gasteiger partial charge on any atom is -0.508 e. The van der Waals surface area contributed by atoms with Crippen molar-refractivity contribution in [1.82, 2.24) is 4.90 Å². The lowest BCUT2D eigenvalue weighted by Gasteiger charge is -2.52. The van der Waals surface area contributed by atoms with Crippen LogP contribution in [0.25, 0.3) is 0 Å². The summed E-state index contributed by atoms with van der Waals surface area (Å²) in [5.41, 5.74) is 4.92. The van der Waals surface area contributed by atoms with Gasteiger partial charge in [-0.05, 0) is 98.5 Å². The average Bonchev–Trinajstić information content (AvgIpc) is 2.97. The molecule has 0 aromatic heterocycles. The molecule has 2 fully saturated rings. The molecule has 0 spiro atoms. The molecule has 3 aliphatic carbocycles. The Morgan fingerprint density at radius 2 is 2.11 bits per heavy atom. The van der Waals surface area contributed by atoms with E-state index in [4.69, 9.17) is 4.74 Å². The van der Waals surface area contributed by atoms with Crippen LogP contribution in [0.15, 0.2) is 29.8 Å². The molecule has 1 aromatic rings. The van der Waals surface area contributed by atoms with Crippen LogP contribution in [0.1, 0.15) is 56.6 Å². The number of phenols is 1. The van der Waals surface area contributed by atoms with Crippen molar-refractivity contribution in [2.45, 2.75) is 51.9 Å². The van der Waals surface area contributed by atoms with Crippen LogP contribution in [-0.4, -0.2) is 43.9 Å². The summed E-state index contributed by atoms with van der Waals surface area (Å²) in [6.07, 6.45) is 8.67. The van der Waals surface area contributed by atoms with Gasteiger partial charge in [-0.2, -0.15) is 0 Å². The van der Waals surface area contributed by atoms with E-state index in [1.165, 1.54) is 36.8 Å². The number of rotatable bonds is 5. The predicted molar refractivity (Wildman–Crippen MR) is 115 cm³/mol. The normalized spacial score (nSPS) is 35.7. The van der Waals surface area contributed by atoms with E-state index in [1.807, 2.05) is 12.1 Å². The molecule has 5 atom stereocenters. The number of likely N-dealkylation sites (N-methyl/N-ethyl adjacent to an activating group) is 1. The van der Waals surface area contributed by atoms with Gasteiger partial charge in [0, 0.05) is 6.54 Å². The largest absolute Gasteiger partial charge is 0.508 e. The molecule has 0 aliphatic heterocycles. The molecule has 4 rings (SSSR count). The number of phenolic OH excluding ortho intramolecular Hbond substituents is 1. The number of fused-ring (bicyclic) bond motifs is 5. The minimum absolute atomic E-state index is 0.356. The van der Waals surface area contributed by atoms with Gasteiger partial charge in [0.1, 0.15) is 5.75 Å². The molecule has 1 aromatic carbocycles. The van der Waals surface area contributed by atoms with Crippen molar-refractivity contribution in [1.29, 1.82) is 0 Å². The standard InChI is InChI=1S/C25H37NO2/c1-17-15-18-16-20(27)6-7-21(18)22-9-11-25(2)19(5-8-23(25)24(17)22)10-13-28-14-12-26(3)4/h6-7,10,16-17,22-24,27H,5,8-9,11-15H2,1-4H3. The molecule has 154 valence electrons. The van der Waals surface area contributed by atoms with E-state index in [0.29, 0.717) is 23.0 Å². The molecule has 28 heavy (non-hydrogen) atoms. The molecular formula is C25H37NO2. The second-order valence-electron chi connectivity index (χ2n) is 9.96. The summed E-state index contributed by atoms with van der Waals surface area (Å²) in [6, 6.07) is 6.12. The van der Waals surface area contributed by atoms with Crippen molar-refractivity contribution < 1.29 is 9.84 Å². The summed E-state index contributed by atoms with van der Waals surface area (Å²) in [5, 5.41) is 9.93. The number of hydrogen-bond acceptors (Lipinski definition) is 3. The Labute approximate surface area is 170 Å². The molecule has 3 aliphatic rings. The van der Waals surface area contributed by atoms with Crippen LogP contribution in [0.2, 0.25) is 0 Å². The number of aromatic hydroxyl groups is 1. The second-order valence-corrected chi connectivity index (χ2v) is 9.96. The maximum Gasteiger partial charge on any atom is 0.115 e. The second kappa shape index (κ2) is 7.84. The van der Waals surface area contributed by atoms with Gasteiger partial charge in [0.15, 0.2) is 0 Å². The molecule has 1 N–H and O–H groups in total. The van der Waals surface area contributed by atoms with Crippen molar-refractivity contribution in [3.8, 4) is 5.75 Å². The van der Waals surface area contributed by atoms with Crippen molar-refractivity contribution >= 4 is 0 Å². The molecule has 0 bridgehead atoms. The van der Waals surface area contributed by atoms with Crippen molar-refractivity contribution in [3.63, 3.8) is 0 Å². The SMILES string of the molecule is CC1Cc2cc(O)ccc2C2CCC3(C)C(=CCOCCN(C)C)CCC3C12. The van der Waals surface area contributed by atoms with E-state index >= 15 is 0 Å². The van der Waals surface area contributed by atoms with E-state index < -0.39 is 0 Å². The first kappa shape index (κ1) is 20.0. The van der Waals surface area contributed by atoms with Crippen LogP contribution in [0.3, 0.4) is 0 Å². The highest BCUT2D eigenvalue weighted by Gasteiger charge is 2.54. The molecule has 3 heteroatoms. The summed E-state index contributed by atoms with van der Waals surface area (Å²) in [4.78, 5) is 2.17. The lowest BCUT2D eigenvalue weighted by molar-refractivity contribution is 0.0484. The Balaban J connectivity index is 1.50. The monoisotopic (exact) mass is 383 g/mol. The lowest BCUT2D eigenvalue weighted by atomic mass is 9.52. The fourth-order valence-electron chi connectivity index (χ4n) is 6.64. The van der Waals surface area contributed by atoms with Crippen molar-refractivity contribution in [3.05, 3.63) is 41.0 Å². The van der Waals surface area contributed by atoms with Crippen LogP contribution < -0.4 is 0 Å². The van der Waals surface area contributed by atoms with Crippen LogP contribution in [0, 0.1) is 23.2 Å². The average molecular weight is 384 g/mol. The predicted octanol–water partition coefficient (Wildman–Crippen LogP) is 5.00. The van der Waals surface area contributed by atoms with Gasteiger partial charge >= 0.3 is 0 Å². The Bertz CT molecular complexity index is 740. The van der Waals surface area contributed by atoms with Gasteiger partial charge in [0.05, 0.1) is 13.2 Å². The topological polar surface area (TPSA) is 32.7 Å². The van der Waals surface area contributed by atoms with Gasteiger partial charge in [-0.3, -0.25) is 0 Å². The number of nitrogens with zero attached hydrogens (tertiary/aromatic N) is 1. The fourth-order valence-corrected chi connectivity index (χ4v) is 6.64. The number of allylic oxidation sites excluding steroid dienone is 1. The highest BCUT2D eigenvalue weighted by molar-refractivity contribution is 5.41. The zero-order chi connectivity index (χ0) is 19.9. The Kier molecular flexibility index (Phi) is 5.59. The smallest absolute Gasteiger partial charge is 0.115 e. The highest BCUT2D eigenvalue weighted by Crippen LogP contribution is 2.63. The zero-order valence-corrected chi connectivity index (χ0v) is 18.1. The number of benzene rings is 1. The summed E-state index contributed by atoms with van der Waals surface area (Å²) >= 11 is 0. The molecule has 0 heterocycles. The van der Waals surface area contributed by atoms with Gasteiger partial charge in [-0.25, -0.2) is 0 Å². The molecule has 3 nitrogen and oxygen atoms in total. The fraction of sp³-hybridized carbons (Fsp3) is 0.680. The first-order valence-electron chi connectivity index (χ1n) is 11.1. The first-order valence-corrected chi connectivity index (χ1v) is 11.1. The van der Waals surface area contributed by atoms with Crippen LogP contribution in [0.4, 0.5) is 0 Å². The van der Waals surface area contributed by atoms with Gasteiger partial charge < -0.3 is 14.7 Å². The maximum absolute atomic E-state index is 9.93. The van der Waals surface area contributed by atoms with Gasteiger partial charge in [0.25, 0.3) is 0 Å². The molecule has 0 amide bonds. The lowest BCUT2D eigenvalue weighted by Crippen LogP contribution is -2.43. The molecule has 2 saturated carbocycles. The molecule has 0 saturated heterocycles. The van der Waals surface area contributed by atoms with E-state index in [2.05, 4.69) is 45.0 Å². The van der Waals surface area contributed by atoms with E-state index in [0.717, 1.165) is 38.0 Å². The Hall–Kier alpha value is -1.32. The van der Waals surface area contributed by atoms with E-state index in [-0.39, 0.29) is 0 Å². The summed E-state index contributed by atoms with van der Waals surface area (Å²) < 4.78 is 5.87. The van der Waals surface area contributed by atoms with Gasteiger partial charge in [0.2, 0.25) is 0 Å². The van der Waals surface area contributed by atoms with E-state index in [9.17, 15) is 5.11 Å². The van der Waals surface area contributed by atoms with Gasteiger partial charge in [-0.1, -0.05) is 31.6 Å². The third-order valence-corrected chi connectivity index (χ3v) is 8.04. The minimum atomic E-state index is 0.356. The van der Waals surface area contributed by atoms with Crippen LogP contribution in [-0.2, 0) is 11.2 Å². The van der Waals surface area contributed by atoms with Crippen LogP contribution in [0.5, 0.6) is 5.75 Å². The third kappa shape index (κ3) is 3.52. The summed E-state index contributed by atoms with van der Waals surface area (Å²) in [5.74, 6) is 3.35. The molecular weight excluding hydrogens is 346 g/mol. The quantitative estimate of drug-likeness (QED) is 0.574. The zero-order valence-electron chi connectivity index (χ0n) is 18.1. The third-order valence-electron chi connectivity index (χ3n) is 8.04. The van der Waals surface area contributed by atoms with Crippen molar-refractivity contribution in [2.75, 3.05) is 33.9 Å². The summed E-state index contributed by atoms with van der Waals surface area (Å²) in [6.45, 7) is 7.53. The Morgan fingerprint density at radius 3 is 2.89 bits per heavy atom. The maximum atomic E-state index is 9.93. The first-order chi connectivity index (χ1) is 13.4. The van der Waals surface area contributed by atoms with Crippen molar-refractivity contribution in [2.24, 2.45) is 23.2 Å². The molecule has 0 radical (unpaired) electrons. The summed E-state index contributed by atoms with van der Waals surface area (Å²) in [7, 11) is 4.18. The van der Waals surface area contributed by atoms with Crippen LogP contribution >= 0.6 is 0 Å². The molecule has 5 unspecified atom stereocenters. The van der Waals surface area contributed by atoms with E-state index in [1.54, 1.807) is 5.57 Å². The highest BCUT2D eigenvalue weighted by atomic mass is 16.5. The number of hydrogen-bond donors (Lipinski definition) is 1. The van der Waals surface area contributed by atoms with Gasteiger partial charge in [-0.15, -0.1) is 0 Å². The number of ether oxygens (including phenoxy) is 1. The Morgan fingerprint density at radius 1 is 1.29 bits per heavy atom.